The van der Waals surface area contributed by atoms with E-state index >= 15 is 0 Å². The van der Waals surface area contributed by atoms with Gasteiger partial charge in [0.2, 0.25) is 0 Å². The van der Waals surface area contributed by atoms with Gasteiger partial charge < -0.3 is 19.5 Å². The molecule has 1 N–H and O–H groups in total. The Morgan fingerprint density at radius 2 is 2.03 bits per heavy atom. The van der Waals surface area contributed by atoms with Crippen LogP contribution in [0.4, 0.5) is 4.39 Å². The number of benzene rings is 2. The van der Waals surface area contributed by atoms with Crippen LogP contribution in [0, 0.1) is 5.82 Å². The van der Waals surface area contributed by atoms with E-state index in [9.17, 15) is 19.1 Å². The number of hydrogen-bond acceptors (Lipinski definition) is 5. The van der Waals surface area contributed by atoms with Crippen molar-refractivity contribution in [2.45, 2.75) is 25.0 Å². The van der Waals surface area contributed by atoms with Crippen LogP contribution in [0.15, 0.2) is 66.8 Å². The van der Waals surface area contributed by atoms with Gasteiger partial charge in [-0.2, -0.15) is 0 Å². The molecule has 0 bridgehead atoms. The van der Waals surface area contributed by atoms with Crippen molar-refractivity contribution in [1.82, 2.24) is 4.90 Å². The highest BCUT2D eigenvalue weighted by Crippen LogP contribution is 2.40. The minimum absolute atomic E-state index is 0.0710. The zero-order chi connectivity index (χ0) is 22.7. The number of ketones is 1. The lowest BCUT2D eigenvalue weighted by atomic mass is 9.95. The van der Waals surface area contributed by atoms with Gasteiger partial charge in [0.05, 0.1) is 17.7 Å². The van der Waals surface area contributed by atoms with Crippen LogP contribution in [-0.2, 0) is 14.3 Å². The fourth-order valence-corrected chi connectivity index (χ4v) is 4.12. The molecule has 6 nitrogen and oxygen atoms in total. The average Bonchev–Trinajstić information content (AvgIpc) is 3.40. The number of rotatable bonds is 7. The summed E-state index contributed by atoms with van der Waals surface area (Å²) in [5.41, 5.74) is 0.695. The maximum Gasteiger partial charge on any atom is 0.295 e. The van der Waals surface area contributed by atoms with E-state index in [4.69, 9.17) is 9.47 Å². The Kier molecular flexibility index (Phi) is 6.37. The van der Waals surface area contributed by atoms with Crippen LogP contribution in [0.5, 0.6) is 5.75 Å². The van der Waals surface area contributed by atoms with Crippen molar-refractivity contribution >= 4 is 17.4 Å². The molecule has 166 valence electrons. The number of halogens is 1. The van der Waals surface area contributed by atoms with Crippen molar-refractivity contribution in [3.8, 4) is 5.75 Å². The molecule has 7 heteroatoms. The van der Waals surface area contributed by atoms with Crippen LogP contribution in [-0.4, -0.2) is 47.6 Å². The lowest BCUT2D eigenvalue weighted by Crippen LogP contribution is -2.36. The first-order valence-electron chi connectivity index (χ1n) is 10.5. The number of amides is 1. The standard InChI is InChI=1S/C25H24FNO5/c1-2-12-31-19-10-8-16(9-11-19)23(28)21-22(17-5-3-6-18(26)14-17)27(25(30)24(21)29)15-20-7-4-13-32-20/h2-3,5-6,8-11,14,20,22,28H,1,4,7,12-13,15H2/t20-,22+/m1/s1. The lowest BCUT2D eigenvalue weighted by molar-refractivity contribution is -0.140. The molecule has 2 aromatic carbocycles. The predicted octanol–water partition coefficient (Wildman–Crippen LogP) is 3.99. The fraction of sp³-hybridized carbons (Fsp3) is 0.280. The molecule has 2 heterocycles. The Bertz CT molecular complexity index is 1060. The minimum atomic E-state index is -0.911. The van der Waals surface area contributed by atoms with Gasteiger partial charge in [0, 0.05) is 18.7 Å². The van der Waals surface area contributed by atoms with E-state index in [0.717, 1.165) is 12.8 Å². The Balaban J connectivity index is 1.75. The van der Waals surface area contributed by atoms with Crippen molar-refractivity contribution in [3.05, 3.63) is 83.7 Å². The molecule has 2 atom stereocenters. The monoisotopic (exact) mass is 437 g/mol. The second-order valence-corrected chi connectivity index (χ2v) is 7.77. The third-order valence-electron chi connectivity index (χ3n) is 5.62. The van der Waals surface area contributed by atoms with E-state index in [-0.39, 0.29) is 24.0 Å². The van der Waals surface area contributed by atoms with E-state index in [2.05, 4.69) is 6.58 Å². The maximum atomic E-state index is 14.0. The molecular formula is C25H24FNO5. The number of nitrogens with zero attached hydrogens (tertiary/aromatic N) is 1. The minimum Gasteiger partial charge on any atom is -0.507 e. The molecule has 2 saturated heterocycles. The maximum absolute atomic E-state index is 14.0. The van der Waals surface area contributed by atoms with Gasteiger partial charge in [-0.15, -0.1) is 0 Å². The highest BCUT2D eigenvalue weighted by molar-refractivity contribution is 6.46. The summed E-state index contributed by atoms with van der Waals surface area (Å²) >= 11 is 0. The van der Waals surface area contributed by atoms with Gasteiger partial charge >= 0.3 is 0 Å². The van der Waals surface area contributed by atoms with Crippen molar-refractivity contribution in [2.75, 3.05) is 19.8 Å². The Labute approximate surface area is 185 Å². The van der Waals surface area contributed by atoms with Crippen LogP contribution in [0.3, 0.4) is 0 Å². The number of hydrogen-bond donors (Lipinski definition) is 1. The fourth-order valence-electron chi connectivity index (χ4n) is 4.12. The number of aliphatic hydroxyl groups excluding tert-OH is 1. The van der Waals surface area contributed by atoms with E-state index < -0.39 is 23.5 Å². The molecule has 4 rings (SSSR count). The quantitative estimate of drug-likeness (QED) is 0.307. The van der Waals surface area contributed by atoms with E-state index in [0.29, 0.717) is 30.1 Å². The second kappa shape index (κ2) is 9.36. The van der Waals surface area contributed by atoms with Gasteiger partial charge in [-0.3, -0.25) is 9.59 Å². The summed E-state index contributed by atoms with van der Waals surface area (Å²) in [7, 11) is 0. The van der Waals surface area contributed by atoms with Crippen LogP contribution >= 0.6 is 0 Å². The largest absolute Gasteiger partial charge is 0.507 e. The van der Waals surface area contributed by atoms with Gasteiger partial charge in [0.1, 0.15) is 23.9 Å². The second-order valence-electron chi connectivity index (χ2n) is 7.77. The molecule has 0 aromatic heterocycles. The molecule has 32 heavy (non-hydrogen) atoms. The number of carbonyl (C=O) groups is 2. The van der Waals surface area contributed by atoms with Crippen LogP contribution in [0.25, 0.3) is 5.76 Å². The zero-order valence-corrected chi connectivity index (χ0v) is 17.5. The summed E-state index contributed by atoms with van der Waals surface area (Å²) in [4.78, 5) is 27.3. The topological polar surface area (TPSA) is 76.1 Å². The van der Waals surface area contributed by atoms with Gasteiger partial charge in [-0.05, 0) is 54.8 Å². The van der Waals surface area contributed by atoms with Crippen LogP contribution in [0.1, 0.15) is 30.0 Å². The molecule has 2 aliphatic heterocycles. The number of likely N-dealkylation sites (tertiary alicyclic amines) is 1. The SMILES string of the molecule is C=CCOc1ccc(C(O)=C2C(=O)C(=O)N(C[C@H]3CCCO3)[C@H]2c2cccc(F)c2)cc1. The van der Waals surface area contributed by atoms with Crippen LogP contribution < -0.4 is 4.74 Å². The molecule has 2 fully saturated rings. The molecular weight excluding hydrogens is 413 g/mol. The van der Waals surface area contributed by atoms with Gasteiger partial charge in [0.15, 0.2) is 0 Å². The molecule has 2 aromatic rings. The Morgan fingerprint density at radius 1 is 1.25 bits per heavy atom. The number of carbonyl (C=O) groups excluding carboxylic acids is 2. The summed E-state index contributed by atoms with van der Waals surface area (Å²) in [5.74, 6) is -1.78. The van der Waals surface area contributed by atoms with Gasteiger partial charge in [-0.1, -0.05) is 24.8 Å². The predicted molar refractivity (Wildman–Crippen MR) is 117 cm³/mol. The average molecular weight is 437 g/mol. The first kappa shape index (κ1) is 21.8. The third kappa shape index (κ3) is 4.29. The highest BCUT2D eigenvalue weighted by atomic mass is 19.1. The first-order valence-corrected chi connectivity index (χ1v) is 10.5. The Morgan fingerprint density at radius 3 is 2.69 bits per heavy atom. The first-order chi connectivity index (χ1) is 15.5. The van der Waals surface area contributed by atoms with Crippen LogP contribution in [0.2, 0.25) is 0 Å². The third-order valence-corrected chi connectivity index (χ3v) is 5.62. The number of ether oxygens (including phenoxy) is 2. The van der Waals surface area contributed by atoms with Crippen molar-refractivity contribution in [2.24, 2.45) is 0 Å². The molecule has 2 aliphatic rings. The molecule has 0 spiro atoms. The smallest absolute Gasteiger partial charge is 0.295 e. The van der Waals surface area contributed by atoms with Gasteiger partial charge in [0.25, 0.3) is 11.7 Å². The van der Waals surface area contributed by atoms with Crippen molar-refractivity contribution < 1.29 is 28.6 Å². The molecule has 0 aliphatic carbocycles. The summed E-state index contributed by atoms with van der Waals surface area (Å²) in [5, 5.41) is 11.1. The number of aliphatic hydroxyl groups is 1. The van der Waals surface area contributed by atoms with E-state index in [1.54, 1.807) is 36.4 Å². The normalized spacial score (nSPS) is 22.3. The van der Waals surface area contributed by atoms with Crippen molar-refractivity contribution in [3.63, 3.8) is 0 Å². The summed E-state index contributed by atoms with van der Waals surface area (Å²) in [6.45, 7) is 4.71. The molecule has 0 unspecified atom stereocenters. The molecule has 0 radical (unpaired) electrons. The summed E-state index contributed by atoms with van der Waals surface area (Å²) in [6.07, 6.45) is 3.05. The zero-order valence-electron chi connectivity index (χ0n) is 17.5. The van der Waals surface area contributed by atoms with Gasteiger partial charge in [-0.25, -0.2) is 4.39 Å². The van der Waals surface area contributed by atoms with Crippen molar-refractivity contribution in [1.29, 1.82) is 0 Å². The Hall–Kier alpha value is -3.45. The number of Topliss-reactive ketones (excluding diaryl/α,β-unsaturated/α-hetero) is 1. The molecule has 0 saturated carbocycles. The van der Waals surface area contributed by atoms with E-state index in [1.165, 1.54) is 23.1 Å². The van der Waals surface area contributed by atoms with E-state index in [1.807, 2.05) is 0 Å². The lowest BCUT2D eigenvalue weighted by Gasteiger charge is -2.27. The summed E-state index contributed by atoms with van der Waals surface area (Å²) in [6, 6.07) is 11.3. The highest BCUT2D eigenvalue weighted by Gasteiger charge is 2.47. The summed E-state index contributed by atoms with van der Waals surface area (Å²) < 4.78 is 25.1. The molecule has 1 amide bonds.